The van der Waals surface area contributed by atoms with Crippen LogP contribution < -0.4 is 5.73 Å². The molecule has 0 saturated carbocycles. The van der Waals surface area contributed by atoms with Crippen molar-refractivity contribution in [1.29, 1.82) is 0 Å². The van der Waals surface area contributed by atoms with Crippen LogP contribution in [-0.4, -0.2) is 34.1 Å². The average Bonchev–Trinajstić information content (AvgIpc) is 2.65. The molecule has 1 aliphatic rings. The fourth-order valence-electron chi connectivity index (χ4n) is 2.25. The van der Waals surface area contributed by atoms with Crippen molar-refractivity contribution in [1.82, 2.24) is 14.5 Å². The summed E-state index contributed by atoms with van der Waals surface area (Å²) < 4.78 is 2.09. The zero-order valence-corrected chi connectivity index (χ0v) is 9.39. The largest absolute Gasteiger partial charge is 0.337 e. The number of aryl methyl sites for hydroxylation is 1. The third-order valence-corrected chi connectivity index (χ3v) is 3.24. The number of hydrogen-bond donors (Lipinski definition) is 1. The van der Waals surface area contributed by atoms with Crippen molar-refractivity contribution in [2.45, 2.75) is 19.4 Å². The second kappa shape index (κ2) is 4.77. The molecule has 1 atom stereocenters. The van der Waals surface area contributed by atoms with Gasteiger partial charge in [0.15, 0.2) is 0 Å². The van der Waals surface area contributed by atoms with E-state index >= 15 is 0 Å². The maximum atomic E-state index is 5.72. The van der Waals surface area contributed by atoms with Gasteiger partial charge in [-0.15, -0.1) is 0 Å². The van der Waals surface area contributed by atoms with Gasteiger partial charge in [-0.2, -0.15) is 0 Å². The minimum atomic E-state index is 0.687. The second-order valence-corrected chi connectivity index (χ2v) is 4.47. The molecule has 4 nitrogen and oxygen atoms in total. The summed E-state index contributed by atoms with van der Waals surface area (Å²) >= 11 is 0. The Morgan fingerprint density at radius 1 is 1.60 bits per heavy atom. The number of imidazole rings is 1. The first kappa shape index (κ1) is 10.6. The highest BCUT2D eigenvalue weighted by Crippen LogP contribution is 2.17. The summed E-state index contributed by atoms with van der Waals surface area (Å²) in [5.74, 6) is 0.687. The molecular formula is C11H20N4. The molecule has 1 unspecified atom stereocenters. The zero-order chi connectivity index (χ0) is 10.7. The minimum absolute atomic E-state index is 0.687. The highest BCUT2D eigenvalue weighted by molar-refractivity contribution is 4.97. The summed E-state index contributed by atoms with van der Waals surface area (Å²) in [5, 5.41) is 0. The van der Waals surface area contributed by atoms with E-state index in [4.69, 9.17) is 5.73 Å². The van der Waals surface area contributed by atoms with Crippen molar-refractivity contribution >= 4 is 0 Å². The lowest BCUT2D eigenvalue weighted by Crippen LogP contribution is -2.38. The van der Waals surface area contributed by atoms with Gasteiger partial charge in [-0.1, -0.05) is 0 Å². The van der Waals surface area contributed by atoms with Crippen molar-refractivity contribution in [3.8, 4) is 0 Å². The Kier molecular flexibility index (Phi) is 3.38. The molecule has 4 heteroatoms. The van der Waals surface area contributed by atoms with Crippen LogP contribution in [0.2, 0.25) is 0 Å². The van der Waals surface area contributed by atoms with E-state index in [9.17, 15) is 0 Å². The third kappa shape index (κ3) is 2.58. The highest BCUT2D eigenvalue weighted by Gasteiger charge is 2.19. The molecule has 2 heterocycles. The number of nitrogens with zero attached hydrogens (tertiary/aromatic N) is 3. The summed E-state index contributed by atoms with van der Waals surface area (Å²) in [6, 6.07) is 0. The van der Waals surface area contributed by atoms with E-state index in [0.717, 1.165) is 19.6 Å². The lowest BCUT2D eigenvalue weighted by Gasteiger charge is -2.31. The Balaban J connectivity index is 1.92. The monoisotopic (exact) mass is 208 g/mol. The molecular weight excluding hydrogens is 188 g/mol. The van der Waals surface area contributed by atoms with E-state index in [-0.39, 0.29) is 0 Å². The maximum Gasteiger partial charge on any atom is 0.0945 e. The number of piperidine rings is 1. The van der Waals surface area contributed by atoms with Gasteiger partial charge in [0.05, 0.1) is 12.0 Å². The standard InChI is InChI=1S/C11H20N4/c1-14-9-13-6-11(14)8-15-4-2-3-10(5-12)7-15/h6,9-10H,2-5,7-8,12H2,1H3. The zero-order valence-electron chi connectivity index (χ0n) is 9.39. The SMILES string of the molecule is Cn1cncc1CN1CCCC(CN)C1. The first-order chi connectivity index (χ1) is 7.29. The third-order valence-electron chi connectivity index (χ3n) is 3.24. The Morgan fingerprint density at radius 3 is 3.13 bits per heavy atom. The molecule has 0 aliphatic carbocycles. The Labute approximate surface area is 91.1 Å². The molecule has 0 radical (unpaired) electrons. The molecule has 0 spiro atoms. The van der Waals surface area contributed by atoms with Crippen LogP contribution in [0.25, 0.3) is 0 Å². The normalized spacial score (nSPS) is 23.2. The van der Waals surface area contributed by atoms with Crippen LogP contribution in [0.3, 0.4) is 0 Å². The molecule has 15 heavy (non-hydrogen) atoms. The number of rotatable bonds is 3. The van der Waals surface area contributed by atoms with E-state index in [0.29, 0.717) is 5.92 Å². The Bertz CT molecular complexity index is 307. The van der Waals surface area contributed by atoms with Gasteiger partial charge in [0.2, 0.25) is 0 Å². The van der Waals surface area contributed by atoms with Crippen LogP contribution >= 0.6 is 0 Å². The van der Waals surface area contributed by atoms with Crippen molar-refractivity contribution in [3.63, 3.8) is 0 Å². The van der Waals surface area contributed by atoms with Crippen molar-refractivity contribution in [2.75, 3.05) is 19.6 Å². The fraction of sp³-hybridized carbons (Fsp3) is 0.727. The molecule has 1 saturated heterocycles. The minimum Gasteiger partial charge on any atom is -0.337 e. The van der Waals surface area contributed by atoms with Gasteiger partial charge in [-0.25, -0.2) is 4.98 Å². The molecule has 0 aromatic carbocycles. The highest BCUT2D eigenvalue weighted by atomic mass is 15.2. The van der Waals surface area contributed by atoms with Crippen molar-refractivity contribution in [2.24, 2.45) is 18.7 Å². The smallest absolute Gasteiger partial charge is 0.0945 e. The van der Waals surface area contributed by atoms with Gasteiger partial charge >= 0.3 is 0 Å². The molecule has 1 aromatic heterocycles. The molecule has 1 aliphatic heterocycles. The average molecular weight is 208 g/mol. The van der Waals surface area contributed by atoms with Gasteiger partial charge in [0, 0.05) is 26.3 Å². The molecule has 2 N–H and O–H groups in total. The number of nitrogens with two attached hydrogens (primary N) is 1. The molecule has 1 fully saturated rings. The van der Waals surface area contributed by atoms with E-state index < -0.39 is 0 Å². The lowest BCUT2D eigenvalue weighted by atomic mass is 9.98. The van der Waals surface area contributed by atoms with Gasteiger partial charge in [0.1, 0.15) is 0 Å². The number of hydrogen-bond acceptors (Lipinski definition) is 3. The van der Waals surface area contributed by atoms with E-state index in [2.05, 4.69) is 14.5 Å². The molecule has 84 valence electrons. The van der Waals surface area contributed by atoms with Crippen LogP contribution in [0, 0.1) is 5.92 Å². The van der Waals surface area contributed by atoms with E-state index in [1.807, 2.05) is 19.6 Å². The van der Waals surface area contributed by atoms with E-state index in [1.165, 1.54) is 25.1 Å². The van der Waals surface area contributed by atoms with Crippen LogP contribution in [-0.2, 0) is 13.6 Å². The van der Waals surface area contributed by atoms with Gasteiger partial charge < -0.3 is 10.3 Å². The molecule has 1 aromatic rings. The van der Waals surface area contributed by atoms with Gasteiger partial charge in [-0.3, -0.25) is 4.90 Å². The van der Waals surface area contributed by atoms with Crippen LogP contribution in [0.1, 0.15) is 18.5 Å². The van der Waals surface area contributed by atoms with Crippen molar-refractivity contribution < 1.29 is 0 Å². The van der Waals surface area contributed by atoms with Gasteiger partial charge in [0.25, 0.3) is 0 Å². The summed E-state index contributed by atoms with van der Waals surface area (Å²) in [6.45, 7) is 4.16. The van der Waals surface area contributed by atoms with Crippen LogP contribution in [0.15, 0.2) is 12.5 Å². The summed E-state index contributed by atoms with van der Waals surface area (Å²) in [7, 11) is 2.05. The summed E-state index contributed by atoms with van der Waals surface area (Å²) in [5.41, 5.74) is 7.01. The molecule has 0 amide bonds. The van der Waals surface area contributed by atoms with Gasteiger partial charge in [-0.05, 0) is 31.8 Å². The van der Waals surface area contributed by atoms with Crippen molar-refractivity contribution in [3.05, 3.63) is 18.2 Å². The van der Waals surface area contributed by atoms with Crippen LogP contribution in [0.5, 0.6) is 0 Å². The second-order valence-electron chi connectivity index (χ2n) is 4.47. The molecule has 0 bridgehead atoms. The van der Waals surface area contributed by atoms with E-state index in [1.54, 1.807) is 0 Å². The first-order valence-electron chi connectivity index (χ1n) is 5.67. The Hall–Kier alpha value is -0.870. The molecule has 2 rings (SSSR count). The number of likely N-dealkylation sites (tertiary alicyclic amines) is 1. The topological polar surface area (TPSA) is 47.1 Å². The maximum absolute atomic E-state index is 5.72. The number of aromatic nitrogens is 2. The lowest BCUT2D eigenvalue weighted by molar-refractivity contribution is 0.168. The Morgan fingerprint density at radius 2 is 2.47 bits per heavy atom. The quantitative estimate of drug-likeness (QED) is 0.791. The predicted molar refractivity (Wildman–Crippen MR) is 60.3 cm³/mol. The predicted octanol–water partition coefficient (Wildman–Crippen LogP) is 0.591. The fourth-order valence-corrected chi connectivity index (χ4v) is 2.25. The van der Waals surface area contributed by atoms with Crippen LogP contribution in [0.4, 0.5) is 0 Å². The summed E-state index contributed by atoms with van der Waals surface area (Å²) in [4.78, 5) is 6.62. The first-order valence-corrected chi connectivity index (χ1v) is 5.67. The summed E-state index contributed by atoms with van der Waals surface area (Å²) in [6.07, 6.45) is 6.38.